The number of hydrogen-bond acceptors (Lipinski definition) is 4. The second kappa shape index (κ2) is 7.67. The first-order chi connectivity index (χ1) is 9.08. The summed E-state index contributed by atoms with van der Waals surface area (Å²) in [6.07, 6.45) is 0.621. The van der Waals surface area contributed by atoms with Gasteiger partial charge in [0, 0.05) is 29.8 Å². The first-order valence-electron chi connectivity index (χ1n) is 6.10. The number of anilines is 1. The van der Waals surface area contributed by atoms with Gasteiger partial charge in [-0.15, -0.1) is 37.2 Å². The van der Waals surface area contributed by atoms with Crippen LogP contribution in [0.4, 0.5) is 5.69 Å². The Hall–Kier alpha value is -1.50. The minimum Gasteiger partial charge on any atom is -0.398 e. The van der Waals surface area contributed by atoms with Crippen LogP contribution in [0.3, 0.4) is 0 Å². The van der Waals surface area contributed by atoms with Crippen LogP contribution in [0, 0.1) is 0 Å². The number of hydrogen-bond donors (Lipinski definition) is 2. The van der Waals surface area contributed by atoms with E-state index in [-0.39, 0.29) is 55.5 Å². The fraction of sp³-hybridized carbons (Fsp3) is 0.308. The van der Waals surface area contributed by atoms with Crippen LogP contribution >= 0.6 is 37.2 Å². The highest BCUT2D eigenvalue weighted by Gasteiger charge is 2.39. The van der Waals surface area contributed by atoms with Gasteiger partial charge in [-0.25, -0.2) is 0 Å². The molecule has 9 heteroatoms. The molecule has 1 saturated heterocycles. The van der Waals surface area contributed by atoms with E-state index in [2.05, 4.69) is 5.32 Å². The van der Waals surface area contributed by atoms with Crippen LogP contribution in [0.1, 0.15) is 28.8 Å². The Labute approximate surface area is 146 Å². The molecule has 2 aliphatic heterocycles. The average Bonchev–Trinajstić information content (AvgIpc) is 2.69. The van der Waals surface area contributed by atoms with E-state index in [1.165, 1.54) is 4.90 Å². The van der Waals surface area contributed by atoms with Crippen molar-refractivity contribution in [1.29, 1.82) is 0 Å². The number of carbonyl (C=O) groups excluding carboxylic acids is 3. The summed E-state index contributed by atoms with van der Waals surface area (Å²) < 4.78 is 0. The van der Waals surface area contributed by atoms with Gasteiger partial charge in [-0.05, 0) is 18.6 Å². The smallest absolute Gasteiger partial charge is 0.255 e. The van der Waals surface area contributed by atoms with Gasteiger partial charge in [-0.1, -0.05) is 6.07 Å². The van der Waals surface area contributed by atoms with Gasteiger partial charge in [0.1, 0.15) is 6.04 Å². The number of benzene rings is 1. The van der Waals surface area contributed by atoms with Crippen molar-refractivity contribution in [3.63, 3.8) is 0 Å². The predicted molar refractivity (Wildman–Crippen MR) is 88.6 cm³/mol. The van der Waals surface area contributed by atoms with E-state index < -0.39 is 11.9 Å². The van der Waals surface area contributed by atoms with Crippen LogP contribution < -0.4 is 11.1 Å². The van der Waals surface area contributed by atoms with Gasteiger partial charge >= 0.3 is 0 Å². The van der Waals surface area contributed by atoms with E-state index in [9.17, 15) is 14.4 Å². The molecule has 2 aliphatic rings. The lowest BCUT2D eigenvalue weighted by molar-refractivity contribution is -0.136. The summed E-state index contributed by atoms with van der Waals surface area (Å²) >= 11 is 0. The Kier molecular flexibility index (Phi) is 7.15. The second-order valence-electron chi connectivity index (χ2n) is 4.77. The molecule has 0 aromatic heterocycles. The van der Waals surface area contributed by atoms with Gasteiger partial charge in [0.2, 0.25) is 11.8 Å². The molecule has 0 aliphatic carbocycles. The molecule has 3 N–H and O–H groups in total. The number of fused-ring (bicyclic) bond motifs is 1. The fourth-order valence-electron chi connectivity index (χ4n) is 2.61. The third-order valence-corrected chi connectivity index (χ3v) is 3.62. The Balaban J connectivity index is 0.00000147. The quantitative estimate of drug-likeness (QED) is 0.577. The number of nitrogens with two attached hydrogens (primary N) is 1. The molecule has 122 valence electrons. The summed E-state index contributed by atoms with van der Waals surface area (Å²) in [7, 11) is 0. The number of piperidine rings is 1. The zero-order valence-electron chi connectivity index (χ0n) is 11.4. The van der Waals surface area contributed by atoms with Crippen molar-refractivity contribution in [2.75, 3.05) is 5.73 Å². The molecule has 1 unspecified atom stereocenters. The Bertz CT molecular complexity index is 609. The number of halogens is 3. The van der Waals surface area contributed by atoms with Crippen LogP contribution in [0.2, 0.25) is 0 Å². The van der Waals surface area contributed by atoms with E-state index in [1.54, 1.807) is 18.2 Å². The van der Waals surface area contributed by atoms with E-state index in [1.807, 2.05) is 0 Å². The van der Waals surface area contributed by atoms with Crippen molar-refractivity contribution >= 4 is 60.6 Å². The van der Waals surface area contributed by atoms with Crippen molar-refractivity contribution in [2.45, 2.75) is 25.4 Å². The van der Waals surface area contributed by atoms with Crippen molar-refractivity contribution < 1.29 is 14.4 Å². The fourth-order valence-corrected chi connectivity index (χ4v) is 2.61. The van der Waals surface area contributed by atoms with E-state index in [0.717, 1.165) is 5.56 Å². The molecule has 1 atom stereocenters. The lowest BCUT2D eigenvalue weighted by Gasteiger charge is -2.29. The normalized spacial score (nSPS) is 19.4. The molecule has 1 aromatic carbocycles. The largest absolute Gasteiger partial charge is 0.398 e. The van der Waals surface area contributed by atoms with E-state index in [4.69, 9.17) is 5.73 Å². The SMILES string of the molecule is Cl.Cl.Cl.Nc1cccc2c1CN(C1CCC(=O)NC1=O)C2=O. The molecule has 0 radical (unpaired) electrons. The summed E-state index contributed by atoms with van der Waals surface area (Å²) in [5, 5.41) is 2.27. The van der Waals surface area contributed by atoms with Crippen LogP contribution in [0.25, 0.3) is 0 Å². The zero-order valence-corrected chi connectivity index (χ0v) is 13.9. The third kappa shape index (κ3) is 3.29. The van der Waals surface area contributed by atoms with Crippen molar-refractivity contribution in [2.24, 2.45) is 0 Å². The first-order valence-corrected chi connectivity index (χ1v) is 6.10. The second-order valence-corrected chi connectivity index (χ2v) is 4.77. The average molecular weight is 369 g/mol. The topological polar surface area (TPSA) is 92.5 Å². The summed E-state index contributed by atoms with van der Waals surface area (Å²) in [6, 6.07) is 4.58. The molecule has 22 heavy (non-hydrogen) atoms. The van der Waals surface area contributed by atoms with E-state index >= 15 is 0 Å². The number of carbonyl (C=O) groups is 3. The van der Waals surface area contributed by atoms with Crippen LogP contribution in [0.15, 0.2) is 18.2 Å². The van der Waals surface area contributed by atoms with Gasteiger partial charge in [-0.3, -0.25) is 19.7 Å². The molecule has 2 heterocycles. The number of amides is 3. The molecule has 0 spiro atoms. The van der Waals surface area contributed by atoms with Gasteiger partial charge in [-0.2, -0.15) is 0 Å². The molecule has 0 saturated carbocycles. The third-order valence-electron chi connectivity index (χ3n) is 3.62. The molecule has 1 aromatic rings. The number of nitrogen functional groups attached to an aromatic ring is 1. The summed E-state index contributed by atoms with van der Waals surface area (Å²) in [4.78, 5) is 36.7. The molecule has 1 fully saturated rings. The molecule has 3 amide bonds. The molecular formula is C13H16Cl3N3O3. The lowest BCUT2D eigenvalue weighted by Crippen LogP contribution is -2.52. The molecular weight excluding hydrogens is 353 g/mol. The van der Waals surface area contributed by atoms with Crippen LogP contribution in [0.5, 0.6) is 0 Å². The highest BCUT2D eigenvalue weighted by molar-refractivity contribution is 6.06. The number of nitrogens with zero attached hydrogens (tertiary/aromatic N) is 1. The zero-order chi connectivity index (χ0) is 13.6. The van der Waals surface area contributed by atoms with E-state index in [0.29, 0.717) is 24.2 Å². The Morgan fingerprint density at radius 1 is 1.14 bits per heavy atom. The van der Waals surface area contributed by atoms with Gasteiger partial charge < -0.3 is 10.6 Å². The number of nitrogens with one attached hydrogen (secondary N) is 1. The number of imide groups is 1. The lowest BCUT2D eigenvalue weighted by atomic mass is 10.0. The highest BCUT2D eigenvalue weighted by atomic mass is 35.5. The summed E-state index contributed by atoms with van der Waals surface area (Å²) in [5.74, 6) is -0.891. The van der Waals surface area contributed by atoms with Crippen molar-refractivity contribution in [1.82, 2.24) is 10.2 Å². The van der Waals surface area contributed by atoms with Gasteiger partial charge in [0.05, 0.1) is 0 Å². The molecule has 0 bridgehead atoms. The van der Waals surface area contributed by atoms with Gasteiger partial charge in [0.15, 0.2) is 0 Å². The van der Waals surface area contributed by atoms with Gasteiger partial charge in [0.25, 0.3) is 5.91 Å². The minimum atomic E-state index is -0.586. The molecule has 3 rings (SSSR count). The minimum absolute atomic E-state index is 0. The van der Waals surface area contributed by atoms with Crippen molar-refractivity contribution in [3.05, 3.63) is 29.3 Å². The Morgan fingerprint density at radius 3 is 2.41 bits per heavy atom. The highest BCUT2D eigenvalue weighted by Crippen LogP contribution is 2.30. The summed E-state index contributed by atoms with van der Waals surface area (Å²) in [6.45, 7) is 0.327. The maximum absolute atomic E-state index is 12.3. The standard InChI is InChI=1S/C13H13N3O3.3ClH/c14-9-3-1-2-7-8(9)6-16(13(7)19)10-4-5-11(17)15-12(10)18;;;/h1-3,10H,4-6,14H2,(H,15,17,18);3*1H. The first kappa shape index (κ1) is 20.5. The van der Waals surface area contributed by atoms with Crippen LogP contribution in [-0.2, 0) is 16.1 Å². The number of rotatable bonds is 1. The summed E-state index contributed by atoms with van der Waals surface area (Å²) in [5.41, 5.74) is 7.71. The predicted octanol–water partition coefficient (Wildman–Crippen LogP) is 1.30. The van der Waals surface area contributed by atoms with Crippen molar-refractivity contribution in [3.8, 4) is 0 Å². The van der Waals surface area contributed by atoms with Crippen LogP contribution in [-0.4, -0.2) is 28.7 Å². The monoisotopic (exact) mass is 367 g/mol. The Morgan fingerprint density at radius 2 is 1.82 bits per heavy atom. The maximum Gasteiger partial charge on any atom is 0.255 e. The molecule has 6 nitrogen and oxygen atoms in total. The maximum atomic E-state index is 12.3.